The molecule has 0 unspecified atom stereocenters. The van der Waals surface area contributed by atoms with Gasteiger partial charge in [-0.05, 0) is 62.4 Å². The average Bonchev–Trinajstić information content (AvgIpc) is 2.65. The van der Waals surface area contributed by atoms with Crippen molar-refractivity contribution in [3.8, 4) is 11.5 Å². The molecule has 0 aromatic heterocycles. The van der Waals surface area contributed by atoms with E-state index in [1.54, 1.807) is 43.3 Å². The first kappa shape index (κ1) is 19.0. The highest BCUT2D eigenvalue weighted by atomic mass is 16.6. The van der Waals surface area contributed by atoms with Gasteiger partial charge in [-0.15, -0.1) is 0 Å². The second-order valence-corrected chi connectivity index (χ2v) is 5.95. The van der Waals surface area contributed by atoms with Crippen LogP contribution in [0.4, 0.5) is 11.4 Å². The summed E-state index contributed by atoms with van der Waals surface area (Å²) in [6.07, 6.45) is 0. The van der Waals surface area contributed by atoms with Crippen LogP contribution < -0.4 is 10.1 Å². The highest BCUT2D eigenvalue weighted by Gasteiger charge is 2.34. The summed E-state index contributed by atoms with van der Waals surface area (Å²) in [4.78, 5) is 23.7. The molecule has 1 aliphatic heterocycles. The largest absolute Gasteiger partial charge is 0.508 e. The van der Waals surface area contributed by atoms with Gasteiger partial charge in [0.2, 0.25) is 0 Å². The minimum absolute atomic E-state index is 0.0923. The molecule has 0 spiro atoms. The fourth-order valence-electron chi connectivity index (χ4n) is 2.60. The predicted molar refractivity (Wildman–Crippen MR) is 108 cm³/mol. The number of hydrogen-bond donors (Lipinski definition) is 2. The van der Waals surface area contributed by atoms with E-state index in [-0.39, 0.29) is 23.3 Å². The molecule has 1 atom stereocenters. The van der Waals surface area contributed by atoms with Gasteiger partial charge >= 0.3 is 6.04 Å². The number of ether oxygens (including phenoxy) is 1. The van der Waals surface area contributed by atoms with Crippen molar-refractivity contribution < 1.29 is 14.8 Å². The molecule has 0 radical (unpaired) electrons. The molecule has 28 heavy (non-hydrogen) atoms. The molecule has 0 fully saturated rings. The normalized spacial score (nSPS) is 17.6. The van der Waals surface area contributed by atoms with Crippen LogP contribution in [0.5, 0.6) is 11.5 Å². The van der Waals surface area contributed by atoms with Gasteiger partial charge in [-0.3, -0.25) is 10.1 Å². The van der Waals surface area contributed by atoms with E-state index in [1.165, 1.54) is 12.1 Å². The number of anilines is 1. The summed E-state index contributed by atoms with van der Waals surface area (Å²) < 4.78 is 5.40. The Hall–Kier alpha value is -3.75. The molecule has 9 nitrogen and oxygen atoms in total. The van der Waals surface area contributed by atoms with Crippen molar-refractivity contribution in [3.63, 3.8) is 0 Å². The number of nitrogens with zero attached hydrogens (tertiary/aromatic N) is 4. The van der Waals surface area contributed by atoms with E-state index in [9.17, 15) is 15.2 Å². The standard InChI is InChI=1S/C19H19N5O4/c1-3-28-16-10-6-13(7-11-16)21-18-17(24(26)27)12(2)20-19(23-18)22-14-4-8-15(25)9-5-14/h4-11,17,25H,3H2,1-2H3,(H,21,22,23)/t17-/m1/s1. The Balaban J connectivity index is 1.90. The number of amidine groups is 1. The average molecular weight is 381 g/mol. The Labute approximate surface area is 161 Å². The number of nitrogens with one attached hydrogen (secondary N) is 1. The Morgan fingerprint density at radius 2 is 1.86 bits per heavy atom. The van der Waals surface area contributed by atoms with Crippen LogP contribution in [0.15, 0.2) is 63.5 Å². The second-order valence-electron chi connectivity index (χ2n) is 5.95. The number of phenols is 1. The molecule has 0 bridgehead atoms. The third-order valence-corrected chi connectivity index (χ3v) is 3.88. The van der Waals surface area contributed by atoms with Crippen LogP contribution in [0, 0.1) is 10.1 Å². The van der Waals surface area contributed by atoms with Crippen LogP contribution in [0.3, 0.4) is 0 Å². The molecular formula is C19H19N5O4. The molecule has 1 heterocycles. The molecule has 0 aliphatic carbocycles. The lowest BCUT2D eigenvalue weighted by atomic mass is 10.1. The Morgan fingerprint density at radius 3 is 2.46 bits per heavy atom. The first-order valence-electron chi connectivity index (χ1n) is 8.61. The minimum Gasteiger partial charge on any atom is -0.508 e. The minimum atomic E-state index is -1.19. The summed E-state index contributed by atoms with van der Waals surface area (Å²) in [6.45, 7) is 4.01. The van der Waals surface area contributed by atoms with E-state index in [1.807, 2.05) is 6.92 Å². The monoisotopic (exact) mass is 381 g/mol. The Bertz CT molecular complexity index is 949. The van der Waals surface area contributed by atoms with Gasteiger partial charge in [-0.2, -0.15) is 4.99 Å². The summed E-state index contributed by atoms with van der Waals surface area (Å²) in [7, 11) is 0. The van der Waals surface area contributed by atoms with Gasteiger partial charge in [0, 0.05) is 10.6 Å². The first-order valence-corrected chi connectivity index (χ1v) is 8.61. The number of benzene rings is 2. The zero-order valence-electron chi connectivity index (χ0n) is 15.4. The SMILES string of the molecule is CCOc1ccc(NC2=NC(=Nc3ccc(O)cc3)N=C(C)[C@H]2[N+](=O)[O-])cc1. The highest BCUT2D eigenvalue weighted by Crippen LogP contribution is 2.20. The number of hydrogen-bond acceptors (Lipinski definition) is 6. The molecule has 3 rings (SSSR count). The molecule has 1 aliphatic rings. The van der Waals surface area contributed by atoms with Crippen LogP contribution in [-0.4, -0.2) is 40.2 Å². The van der Waals surface area contributed by atoms with E-state index in [0.717, 1.165) is 0 Å². The van der Waals surface area contributed by atoms with Crippen LogP contribution in [0.1, 0.15) is 13.8 Å². The summed E-state index contributed by atoms with van der Waals surface area (Å²) in [6, 6.07) is 12.0. The molecule has 0 saturated heterocycles. The fourth-order valence-corrected chi connectivity index (χ4v) is 2.60. The first-order chi connectivity index (χ1) is 13.5. The quantitative estimate of drug-likeness (QED) is 0.607. The lowest BCUT2D eigenvalue weighted by Crippen LogP contribution is -2.43. The van der Waals surface area contributed by atoms with Crippen molar-refractivity contribution in [3.05, 3.63) is 58.6 Å². The maximum Gasteiger partial charge on any atom is 0.307 e. The van der Waals surface area contributed by atoms with Crippen molar-refractivity contribution in [2.45, 2.75) is 19.9 Å². The number of aromatic hydroxyl groups is 1. The lowest BCUT2D eigenvalue weighted by Gasteiger charge is -2.18. The van der Waals surface area contributed by atoms with Crippen molar-refractivity contribution in [2.24, 2.45) is 15.0 Å². The zero-order chi connectivity index (χ0) is 20.1. The van der Waals surface area contributed by atoms with Crippen LogP contribution >= 0.6 is 0 Å². The van der Waals surface area contributed by atoms with Crippen molar-refractivity contribution in [2.75, 3.05) is 11.9 Å². The number of guanidine groups is 1. The Kier molecular flexibility index (Phi) is 5.64. The van der Waals surface area contributed by atoms with Crippen molar-refractivity contribution in [1.82, 2.24) is 0 Å². The summed E-state index contributed by atoms with van der Waals surface area (Å²) in [5, 5.41) is 23.9. The molecule has 2 aromatic carbocycles. The molecule has 144 valence electrons. The smallest absolute Gasteiger partial charge is 0.307 e. The van der Waals surface area contributed by atoms with E-state index < -0.39 is 11.0 Å². The summed E-state index contributed by atoms with van der Waals surface area (Å²) in [5.41, 5.74) is 1.42. The topological polar surface area (TPSA) is 122 Å². The van der Waals surface area contributed by atoms with E-state index in [2.05, 4.69) is 20.3 Å². The second kappa shape index (κ2) is 8.30. The highest BCUT2D eigenvalue weighted by molar-refractivity contribution is 6.22. The molecule has 0 amide bonds. The number of nitro groups is 1. The zero-order valence-corrected chi connectivity index (χ0v) is 15.4. The van der Waals surface area contributed by atoms with Crippen LogP contribution in [0.25, 0.3) is 0 Å². The van der Waals surface area contributed by atoms with Gasteiger partial charge in [-0.1, -0.05) is 0 Å². The van der Waals surface area contributed by atoms with Crippen molar-refractivity contribution >= 4 is 28.9 Å². The number of rotatable bonds is 5. The van der Waals surface area contributed by atoms with E-state index in [4.69, 9.17) is 4.74 Å². The van der Waals surface area contributed by atoms with Gasteiger partial charge in [-0.25, -0.2) is 9.98 Å². The third-order valence-electron chi connectivity index (χ3n) is 3.88. The maximum atomic E-state index is 11.5. The lowest BCUT2D eigenvalue weighted by molar-refractivity contribution is -0.484. The molecule has 2 aromatic rings. The van der Waals surface area contributed by atoms with Crippen LogP contribution in [0.2, 0.25) is 0 Å². The van der Waals surface area contributed by atoms with Crippen molar-refractivity contribution in [1.29, 1.82) is 0 Å². The molecule has 0 saturated carbocycles. The number of phenolic OH excluding ortho intramolecular Hbond substituents is 1. The van der Waals surface area contributed by atoms with E-state index >= 15 is 0 Å². The van der Waals surface area contributed by atoms with Gasteiger partial charge in [0.1, 0.15) is 17.2 Å². The molecule has 2 N–H and O–H groups in total. The third kappa shape index (κ3) is 4.50. The maximum absolute atomic E-state index is 11.5. The summed E-state index contributed by atoms with van der Waals surface area (Å²) >= 11 is 0. The predicted octanol–water partition coefficient (Wildman–Crippen LogP) is 3.41. The van der Waals surface area contributed by atoms with Gasteiger partial charge in [0.15, 0.2) is 5.84 Å². The number of aliphatic imine (C=N–C) groups is 3. The summed E-state index contributed by atoms with van der Waals surface area (Å²) in [5.74, 6) is 1.03. The van der Waals surface area contributed by atoms with Gasteiger partial charge < -0.3 is 15.2 Å². The molecule has 9 heteroatoms. The van der Waals surface area contributed by atoms with Gasteiger partial charge in [0.25, 0.3) is 5.96 Å². The van der Waals surface area contributed by atoms with E-state index in [0.29, 0.717) is 23.7 Å². The Morgan fingerprint density at radius 1 is 1.18 bits per heavy atom. The van der Waals surface area contributed by atoms with Crippen LogP contribution in [-0.2, 0) is 0 Å². The van der Waals surface area contributed by atoms with Gasteiger partial charge in [0.05, 0.1) is 12.3 Å². The molecular weight excluding hydrogens is 362 g/mol. The fraction of sp³-hybridized carbons (Fsp3) is 0.211.